The summed E-state index contributed by atoms with van der Waals surface area (Å²) in [5.74, 6) is -0.686. The maximum Gasteiger partial charge on any atom is 0.327 e. The smallest absolute Gasteiger partial charge is 0.327 e. The highest BCUT2D eigenvalue weighted by atomic mass is 19.1. The predicted molar refractivity (Wildman–Crippen MR) is 75.9 cm³/mol. The second-order valence-corrected chi connectivity index (χ2v) is 5.46. The number of esters is 1. The molecule has 3 nitrogen and oxygen atoms in total. The fraction of sp³-hybridized carbons (Fsp3) is 0.562. The maximum absolute atomic E-state index is 13.5. The molecule has 1 saturated carbocycles. The molecule has 0 bridgehead atoms. The van der Waals surface area contributed by atoms with Gasteiger partial charge in [-0.05, 0) is 43.0 Å². The van der Waals surface area contributed by atoms with Crippen molar-refractivity contribution in [1.29, 1.82) is 0 Å². The summed E-state index contributed by atoms with van der Waals surface area (Å²) in [5.41, 5.74) is 1.56. The summed E-state index contributed by atoms with van der Waals surface area (Å²) in [7, 11) is 1.37. The first-order chi connectivity index (χ1) is 9.61. The molecule has 0 radical (unpaired) electrons. The SMILES string of the molecule is COC(=O)C(NC1CCCCC1)c1cc(F)ccc1C. The summed E-state index contributed by atoms with van der Waals surface area (Å²) in [4.78, 5) is 12.0. The molecule has 2 rings (SSSR count). The number of benzene rings is 1. The van der Waals surface area contributed by atoms with Crippen molar-refractivity contribution in [2.45, 2.75) is 51.1 Å². The van der Waals surface area contributed by atoms with Crippen molar-refractivity contribution in [2.75, 3.05) is 7.11 Å². The Hall–Kier alpha value is -1.42. The van der Waals surface area contributed by atoms with Gasteiger partial charge in [-0.15, -0.1) is 0 Å². The number of hydrogen-bond acceptors (Lipinski definition) is 3. The number of carbonyl (C=O) groups excluding carboxylic acids is 1. The molecule has 1 aliphatic rings. The van der Waals surface area contributed by atoms with Crippen LogP contribution in [0.5, 0.6) is 0 Å². The number of methoxy groups -OCH3 is 1. The highest BCUT2D eigenvalue weighted by Gasteiger charge is 2.27. The van der Waals surface area contributed by atoms with Crippen LogP contribution in [0.15, 0.2) is 18.2 Å². The van der Waals surface area contributed by atoms with Crippen LogP contribution in [0.1, 0.15) is 49.3 Å². The number of halogens is 1. The Morgan fingerprint density at radius 2 is 2.05 bits per heavy atom. The zero-order valence-electron chi connectivity index (χ0n) is 12.1. The van der Waals surface area contributed by atoms with Crippen LogP contribution in [0.2, 0.25) is 0 Å². The fourth-order valence-electron chi connectivity index (χ4n) is 2.83. The van der Waals surface area contributed by atoms with E-state index in [4.69, 9.17) is 4.74 Å². The van der Waals surface area contributed by atoms with E-state index < -0.39 is 6.04 Å². The number of carbonyl (C=O) groups is 1. The van der Waals surface area contributed by atoms with Crippen molar-refractivity contribution in [3.05, 3.63) is 35.1 Å². The Bertz CT molecular complexity index is 470. The van der Waals surface area contributed by atoms with Crippen LogP contribution in [-0.4, -0.2) is 19.1 Å². The minimum absolute atomic E-state index is 0.301. The van der Waals surface area contributed by atoms with Crippen LogP contribution in [0.3, 0.4) is 0 Å². The highest BCUT2D eigenvalue weighted by Crippen LogP contribution is 2.25. The van der Waals surface area contributed by atoms with Crippen LogP contribution in [0, 0.1) is 12.7 Å². The largest absolute Gasteiger partial charge is 0.468 e. The molecule has 0 spiro atoms. The van der Waals surface area contributed by atoms with Gasteiger partial charge >= 0.3 is 5.97 Å². The number of nitrogens with one attached hydrogen (secondary N) is 1. The molecule has 0 aromatic heterocycles. The molecule has 20 heavy (non-hydrogen) atoms. The van der Waals surface area contributed by atoms with Gasteiger partial charge < -0.3 is 4.74 Å². The summed E-state index contributed by atoms with van der Waals surface area (Å²) in [6, 6.07) is 4.25. The Kier molecular flexibility index (Phi) is 5.12. The molecule has 1 N–H and O–H groups in total. The number of ether oxygens (including phenoxy) is 1. The van der Waals surface area contributed by atoms with Gasteiger partial charge in [0, 0.05) is 6.04 Å². The number of aryl methyl sites for hydroxylation is 1. The molecule has 1 unspecified atom stereocenters. The quantitative estimate of drug-likeness (QED) is 0.860. The minimum atomic E-state index is -0.584. The Morgan fingerprint density at radius 3 is 2.70 bits per heavy atom. The van der Waals surface area contributed by atoms with E-state index in [1.54, 1.807) is 6.07 Å². The van der Waals surface area contributed by atoms with E-state index in [-0.39, 0.29) is 11.8 Å². The topological polar surface area (TPSA) is 38.3 Å². The van der Waals surface area contributed by atoms with Crippen LogP contribution in [0.4, 0.5) is 4.39 Å². The van der Waals surface area contributed by atoms with Crippen molar-refractivity contribution < 1.29 is 13.9 Å². The van der Waals surface area contributed by atoms with Crippen molar-refractivity contribution >= 4 is 5.97 Å². The Labute approximate surface area is 119 Å². The van der Waals surface area contributed by atoms with Gasteiger partial charge in [-0.3, -0.25) is 5.32 Å². The summed E-state index contributed by atoms with van der Waals surface area (Å²) in [5, 5.41) is 3.35. The summed E-state index contributed by atoms with van der Waals surface area (Å²) in [6.07, 6.45) is 5.71. The lowest BCUT2D eigenvalue weighted by Crippen LogP contribution is -2.39. The molecule has 1 aliphatic carbocycles. The van der Waals surface area contributed by atoms with E-state index in [0.29, 0.717) is 11.6 Å². The third-order valence-electron chi connectivity index (χ3n) is 4.00. The average Bonchev–Trinajstić information content (AvgIpc) is 2.48. The monoisotopic (exact) mass is 279 g/mol. The van der Waals surface area contributed by atoms with E-state index in [1.807, 2.05) is 6.92 Å². The molecule has 0 saturated heterocycles. The van der Waals surface area contributed by atoms with Gasteiger partial charge in [-0.2, -0.15) is 0 Å². The highest BCUT2D eigenvalue weighted by molar-refractivity contribution is 5.78. The van der Waals surface area contributed by atoms with E-state index in [2.05, 4.69) is 5.32 Å². The molecule has 0 aliphatic heterocycles. The lowest BCUT2D eigenvalue weighted by Gasteiger charge is -2.28. The van der Waals surface area contributed by atoms with Gasteiger partial charge in [-0.25, -0.2) is 9.18 Å². The minimum Gasteiger partial charge on any atom is -0.468 e. The third kappa shape index (κ3) is 3.57. The fourth-order valence-corrected chi connectivity index (χ4v) is 2.83. The predicted octanol–water partition coefficient (Wildman–Crippen LogP) is 3.27. The van der Waals surface area contributed by atoms with Gasteiger partial charge in [0.1, 0.15) is 11.9 Å². The van der Waals surface area contributed by atoms with Crippen LogP contribution >= 0.6 is 0 Å². The van der Waals surface area contributed by atoms with E-state index in [0.717, 1.165) is 18.4 Å². The first-order valence-corrected chi connectivity index (χ1v) is 7.21. The second-order valence-electron chi connectivity index (χ2n) is 5.46. The Balaban J connectivity index is 2.22. The standard InChI is InChI=1S/C16H22FNO2/c1-11-8-9-12(17)10-14(11)15(16(19)20-2)18-13-6-4-3-5-7-13/h8-10,13,15,18H,3-7H2,1-2H3. The molecule has 1 aromatic carbocycles. The molecule has 1 aromatic rings. The lowest BCUT2D eigenvalue weighted by molar-refractivity contribution is -0.143. The van der Waals surface area contributed by atoms with E-state index in [9.17, 15) is 9.18 Å². The van der Waals surface area contributed by atoms with Gasteiger partial charge in [0.25, 0.3) is 0 Å². The molecule has 1 fully saturated rings. The maximum atomic E-state index is 13.5. The van der Waals surface area contributed by atoms with Crippen LogP contribution in [-0.2, 0) is 9.53 Å². The lowest BCUT2D eigenvalue weighted by atomic mass is 9.93. The van der Waals surface area contributed by atoms with Gasteiger partial charge in [0.15, 0.2) is 0 Å². The van der Waals surface area contributed by atoms with Gasteiger partial charge in [0.05, 0.1) is 7.11 Å². The first kappa shape index (κ1) is 15.0. The summed E-state index contributed by atoms with van der Waals surface area (Å²) < 4.78 is 18.4. The molecule has 4 heteroatoms. The zero-order valence-corrected chi connectivity index (χ0v) is 12.1. The summed E-state index contributed by atoms with van der Waals surface area (Å²) >= 11 is 0. The van der Waals surface area contributed by atoms with Crippen LogP contribution < -0.4 is 5.32 Å². The van der Waals surface area contributed by atoms with Crippen LogP contribution in [0.25, 0.3) is 0 Å². The van der Waals surface area contributed by atoms with Gasteiger partial charge in [0.2, 0.25) is 0 Å². The normalized spacial score (nSPS) is 17.8. The summed E-state index contributed by atoms with van der Waals surface area (Å²) in [6.45, 7) is 1.88. The second kappa shape index (κ2) is 6.84. The van der Waals surface area contributed by atoms with Crippen molar-refractivity contribution in [3.63, 3.8) is 0 Å². The first-order valence-electron chi connectivity index (χ1n) is 7.21. The molecular weight excluding hydrogens is 257 g/mol. The molecule has 1 atom stereocenters. The van der Waals surface area contributed by atoms with Crippen molar-refractivity contribution in [2.24, 2.45) is 0 Å². The molecular formula is C16H22FNO2. The van der Waals surface area contributed by atoms with Crippen molar-refractivity contribution in [1.82, 2.24) is 5.32 Å². The van der Waals surface area contributed by atoms with E-state index >= 15 is 0 Å². The van der Waals surface area contributed by atoms with Gasteiger partial charge in [-0.1, -0.05) is 25.3 Å². The average molecular weight is 279 g/mol. The van der Waals surface area contributed by atoms with E-state index in [1.165, 1.54) is 38.5 Å². The molecule has 0 amide bonds. The van der Waals surface area contributed by atoms with Crippen molar-refractivity contribution in [3.8, 4) is 0 Å². The molecule has 0 heterocycles. The third-order valence-corrected chi connectivity index (χ3v) is 4.00. The number of rotatable bonds is 4. The number of hydrogen-bond donors (Lipinski definition) is 1. The Morgan fingerprint density at radius 1 is 1.35 bits per heavy atom. The molecule has 110 valence electrons. The zero-order chi connectivity index (χ0) is 14.5.